The summed E-state index contributed by atoms with van der Waals surface area (Å²) in [6.45, 7) is 4.19. The van der Waals surface area contributed by atoms with Crippen molar-refractivity contribution in [3.63, 3.8) is 0 Å². The maximum absolute atomic E-state index is 12.9. The van der Waals surface area contributed by atoms with Gasteiger partial charge in [0, 0.05) is 12.8 Å². The van der Waals surface area contributed by atoms with Crippen molar-refractivity contribution in [3.8, 4) is 0 Å². The zero-order valence-electron chi connectivity index (χ0n) is 54.6. The molecule has 0 heterocycles. The molecule has 0 aromatic rings. The summed E-state index contributed by atoms with van der Waals surface area (Å²) in [5, 5.41) is 0. The van der Waals surface area contributed by atoms with Gasteiger partial charge in [-0.25, -0.2) is 4.57 Å². The minimum Gasteiger partial charge on any atom is -0.462 e. The van der Waals surface area contributed by atoms with E-state index in [4.69, 9.17) is 18.5 Å². The first-order valence-corrected chi connectivity index (χ1v) is 35.4. The second-order valence-electron chi connectivity index (χ2n) is 23.4. The Kier molecular flexibility index (Phi) is 60.7. The third kappa shape index (κ3) is 67.3. The van der Waals surface area contributed by atoms with Crippen LogP contribution in [0.5, 0.6) is 0 Å². The average molecular weight is 1190 g/mol. The summed E-state index contributed by atoms with van der Waals surface area (Å²) >= 11 is 0. The first-order chi connectivity index (χ1) is 41.0. The third-order valence-electron chi connectivity index (χ3n) is 14.2. The quantitative estimate of drug-likeness (QED) is 0.0211. The number of carbonyl (C=O) groups is 2. The number of phosphoric ester groups is 1. The summed E-state index contributed by atoms with van der Waals surface area (Å²) in [5.41, 5.74) is 0. The van der Waals surface area contributed by atoms with E-state index < -0.39 is 26.5 Å². The van der Waals surface area contributed by atoms with E-state index in [0.29, 0.717) is 17.4 Å². The molecule has 9 nitrogen and oxygen atoms in total. The molecule has 480 valence electrons. The van der Waals surface area contributed by atoms with Gasteiger partial charge in [0.25, 0.3) is 0 Å². The highest BCUT2D eigenvalue weighted by molar-refractivity contribution is 7.47. The van der Waals surface area contributed by atoms with Gasteiger partial charge < -0.3 is 18.9 Å². The molecule has 0 radical (unpaired) electrons. The van der Waals surface area contributed by atoms with Crippen LogP contribution in [0.4, 0.5) is 0 Å². The van der Waals surface area contributed by atoms with Crippen molar-refractivity contribution >= 4 is 19.8 Å². The third-order valence-corrected chi connectivity index (χ3v) is 15.2. The molecule has 0 aromatic heterocycles. The minimum atomic E-state index is -4.41. The fourth-order valence-corrected chi connectivity index (χ4v) is 9.79. The maximum Gasteiger partial charge on any atom is 0.472 e. The first-order valence-electron chi connectivity index (χ1n) is 33.9. The van der Waals surface area contributed by atoms with Gasteiger partial charge >= 0.3 is 19.8 Å². The van der Waals surface area contributed by atoms with Crippen molar-refractivity contribution in [2.45, 2.75) is 277 Å². The van der Waals surface area contributed by atoms with E-state index in [1.807, 2.05) is 21.1 Å². The van der Waals surface area contributed by atoms with E-state index in [2.05, 4.69) is 148 Å². The molecule has 2 unspecified atom stereocenters. The van der Waals surface area contributed by atoms with Crippen LogP contribution in [0, 0.1) is 0 Å². The lowest BCUT2D eigenvalue weighted by Gasteiger charge is -2.24. The molecule has 0 aliphatic rings. The molecule has 0 bridgehead atoms. The van der Waals surface area contributed by atoms with Gasteiger partial charge in [0.05, 0.1) is 27.7 Å². The summed E-state index contributed by atoms with van der Waals surface area (Å²) in [7, 11) is 1.45. The molecular weight excluding hydrogens is 1060 g/mol. The molecule has 0 rings (SSSR count). The Labute approximate surface area is 517 Å². The number of ether oxygens (including phenoxy) is 2. The molecule has 0 saturated carbocycles. The number of rotatable bonds is 61. The van der Waals surface area contributed by atoms with E-state index in [9.17, 15) is 19.0 Å². The largest absolute Gasteiger partial charge is 0.472 e. The Bertz CT molecular complexity index is 1880. The number of quaternary nitrogens is 1. The van der Waals surface area contributed by atoms with Crippen LogP contribution in [0.15, 0.2) is 134 Å². The highest BCUT2D eigenvalue weighted by atomic mass is 31.2. The Morgan fingerprint density at radius 3 is 0.952 bits per heavy atom. The summed E-state index contributed by atoms with van der Waals surface area (Å²) in [5.74, 6) is -0.820. The van der Waals surface area contributed by atoms with Crippen LogP contribution < -0.4 is 0 Å². The zero-order valence-corrected chi connectivity index (χ0v) is 55.5. The van der Waals surface area contributed by atoms with E-state index >= 15 is 0 Å². The number of allylic oxidation sites excluding steroid dienone is 22. The van der Waals surface area contributed by atoms with E-state index in [-0.39, 0.29) is 32.0 Å². The standard InChI is InChI=1S/C74H126NO8P/c1-6-8-10-12-14-16-18-20-22-24-26-28-30-32-34-35-36-37-38-39-41-42-44-46-48-50-52-54-56-58-60-62-64-66-73(76)80-70-72(71-82-84(78,79)81-69-68-75(3,4)5)83-74(77)67-65-63-61-59-57-55-53-51-49-47-45-43-40-33-31-29-27-25-23-21-19-17-15-13-11-9-7-2/h8-11,14-17,20-23,26-29,33,40,45,47,51,53,72H,6-7,12-13,18-19,24-25,30-32,34-39,41-44,46,48-50,52,54-71H2,1-5H3/p+1/b10-8-,11-9-,16-14-,17-15-,22-20-,23-21-,28-26-,29-27-,40-33-,47-45-,53-51-. The predicted molar refractivity (Wildman–Crippen MR) is 362 cm³/mol. The molecule has 0 amide bonds. The van der Waals surface area contributed by atoms with Crippen LogP contribution in [-0.4, -0.2) is 74.9 Å². The minimum absolute atomic E-state index is 0.0219. The maximum atomic E-state index is 12.9. The van der Waals surface area contributed by atoms with E-state index in [1.165, 1.54) is 116 Å². The molecule has 0 aliphatic heterocycles. The number of unbranched alkanes of at least 4 members (excludes halogenated alkanes) is 25. The predicted octanol–water partition coefficient (Wildman–Crippen LogP) is 22.0. The first kappa shape index (κ1) is 80.2. The van der Waals surface area contributed by atoms with Crippen LogP contribution in [0.1, 0.15) is 271 Å². The van der Waals surface area contributed by atoms with Crippen molar-refractivity contribution in [2.75, 3.05) is 47.5 Å². The van der Waals surface area contributed by atoms with E-state index in [0.717, 1.165) is 122 Å². The fourth-order valence-electron chi connectivity index (χ4n) is 9.05. The van der Waals surface area contributed by atoms with Gasteiger partial charge in [-0.2, -0.15) is 0 Å². The molecule has 10 heteroatoms. The van der Waals surface area contributed by atoms with Gasteiger partial charge in [-0.1, -0.05) is 282 Å². The fraction of sp³-hybridized carbons (Fsp3) is 0.676. The number of likely N-dealkylation sites (N-methyl/N-ethyl adjacent to an activating group) is 1. The van der Waals surface area contributed by atoms with Crippen LogP contribution in [0.2, 0.25) is 0 Å². The normalized spacial score (nSPS) is 14.0. The molecular formula is C74H127NO8P+. The average Bonchev–Trinajstić information content (AvgIpc) is 3.61. The lowest BCUT2D eigenvalue weighted by molar-refractivity contribution is -0.870. The number of hydrogen-bond donors (Lipinski definition) is 1. The number of phosphoric acid groups is 1. The second kappa shape index (κ2) is 63.6. The molecule has 0 fully saturated rings. The summed E-state index contributed by atoms with van der Waals surface area (Å²) in [6.07, 6.45) is 92.6. The molecule has 0 aliphatic carbocycles. The number of esters is 2. The van der Waals surface area contributed by atoms with Gasteiger partial charge in [0.2, 0.25) is 0 Å². The Balaban J connectivity index is 4.10. The van der Waals surface area contributed by atoms with Gasteiger partial charge in [-0.05, 0) is 109 Å². The summed E-state index contributed by atoms with van der Waals surface area (Å²) in [6, 6.07) is 0. The van der Waals surface area contributed by atoms with Gasteiger partial charge in [-0.15, -0.1) is 0 Å². The highest BCUT2D eigenvalue weighted by Crippen LogP contribution is 2.43. The number of nitrogens with zero attached hydrogens (tertiary/aromatic N) is 1. The zero-order chi connectivity index (χ0) is 61.2. The number of carbonyl (C=O) groups excluding carboxylic acids is 2. The monoisotopic (exact) mass is 1190 g/mol. The summed E-state index contributed by atoms with van der Waals surface area (Å²) < 4.78 is 34.7. The van der Waals surface area contributed by atoms with Crippen molar-refractivity contribution < 1.29 is 42.1 Å². The van der Waals surface area contributed by atoms with Crippen LogP contribution >= 0.6 is 7.82 Å². The van der Waals surface area contributed by atoms with Crippen LogP contribution in [0.25, 0.3) is 0 Å². The molecule has 1 N–H and O–H groups in total. The van der Waals surface area contributed by atoms with Crippen LogP contribution in [0.3, 0.4) is 0 Å². The molecule has 0 spiro atoms. The molecule has 2 atom stereocenters. The molecule has 84 heavy (non-hydrogen) atoms. The van der Waals surface area contributed by atoms with Crippen molar-refractivity contribution in [2.24, 2.45) is 0 Å². The van der Waals surface area contributed by atoms with Crippen molar-refractivity contribution in [1.82, 2.24) is 0 Å². The topological polar surface area (TPSA) is 108 Å². The van der Waals surface area contributed by atoms with E-state index in [1.54, 1.807) is 0 Å². The lowest BCUT2D eigenvalue weighted by atomic mass is 10.0. The SMILES string of the molecule is CC/C=C\C/C=C\C/C=C\C/C=C\C/C=C\C/C=C\C/C=C\CCCCCCCC(=O)OC(COC(=O)CCCCCCCCCCCCCCCCCCCCCC/C=C\C/C=C\C/C=C\C/C=C\CC)COP(=O)(O)OCC[N+](C)(C)C. The van der Waals surface area contributed by atoms with Gasteiger partial charge in [-0.3, -0.25) is 18.6 Å². The van der Waals surface area contributed by atoms with Gasteiger partial charge in [0.1, 0.15) is 19.8 Å². The van der Waals surface area contributed by atoms with Gasteiger partial charge in [0.15, 0.2) is 6.10 Å². The second-order valence-corrected chi connectivity index (χ2v) is 24.9. The molecule has 0 aromatic carbocycles. The Morgan fingerprint density at radius 2 is 0.643 bits per heavy atom. The number of hydrogen-bond acceptors (Lipinski definition) is 7. The highest BCUT2D eigenvalue weighted by Gasteiger charge is 2.27. The molecule has 0 saturated heterocycles. The smallest absolute Gasteiger partial charge is 0.462 e. The Hall–Kier alpha value is -3.85. The van der Waals surface area contributed by atoms with Crippen molar-refractivity contribution in [3.05, 3.63) is 134 Å². The summed E-state index contributed by atoms with van der Waals surface area (Å²) in [4.78, 5) is 35.8. The Morgan fingerprint density at radius 1 is 0.369 bits per heavy atom. The van der Waals surface area contributed by atoms with Crippen LogP contribution in [-0.2, 0) is 32.7 Å². The van der Waals surface area contributed by atoms with Crippen molar-refractivity contribution in [1.29, 1.82) is 0 Å². The lowest BCUT2D eigenvalue weighted by Crippen LogP contribution is -2.37.